The second-order valence-electron chi connectivity index (χ2n) is 7.72. The zero-order valence-corrected chi connectivity index (χ0v) is 19.6. The van der Waals surface area contributed by atoms with Crippen LogP contribution >= 0.6 is 0 Å². The zero-order valence-electron chi connectivity index (χ0n) is 19.6. The first-order chi connectivity index (χ1) is 15.7. The number of carbonyl (C=O) groups excluding carboxylic acids is 1. The third-order valence-corrected chi connectivity index (χ3v) is 4.78. The molecule has 0 saturated heterocycles. The number of nitrogens with one attached hydrogen (secondary N) is 1. The minimum absolute atomic E-state index is 0.220. The largest absolute Gasteiger partial charge is 0.492 e. The summed E-state index contributed by atoms with van der Waals surface area (Å²) in [6, 6.07) is 6.69. The molecule has 0 heterocycles. The number of halogens is 2. The topological polar surface area (TPSA) is 97.3 Å². The van der Waals surface area contributed by atoms with E-state index in [1.807, 2.05) is 0 Å². The van der Waals surface area contributed by atoms with Gasteiger partial charge in [-0.25, -0.2) is 18.4 Å². The van der Waals surface area contributed by atoms with Crippen molar-refractivity contribution in [1.82, 2.24) is 10.2 Å². The van der Waals surface area contributed by atoms with Crippen LogP contribution in [0.5, 0.6) is 5.75 Å². The van der Waals surface area contributed by atoms with Crippen molar-refractivity contribution in [2.75, 3.05) is 46.6 Å². The quantitative estimate of drug-likeness (QED) is 0.335. The molecular formula is C23H36F2N2O6. The fourth-order valence-corrected chi connectivity index (χ4v) is 3.05. The SMILES string of the molecule is CCOC(Cc1ccc(OCCN(CCCCC(C)(F)F)C(=O)NCCOC)cc1)C(=O)O. The van der Waals surface area contributed by atoms with Crippen molar-refractivity contribution >= 4 is 12.0 Å². The van der Waals surface area contributed by atoms with Gasteiger partial charge in [0.25, 0.3) is 0 Å². The maximum absolute atomic E-state index is 13.0. The lowest BCUT2D eigenvalue weighted by Gasteiger charge is -2.23. The number of carboxylic acids is 1. The van der Waals surface area contributed by atoms with E-state index in [0.717, 1.165) is 12.5 Å². The maximum Gasteiger partial charge on any atom is 0.333 e. The third kappa shape index (κ3) is 13.0. The highest BCUT2D eigenvalue weighted by Crippen LogP contribution is 2.20. The Bertz CT molecular complexity index is 697. The van der Waals surface area contributed by atoms with Gasteiger partial charge in [0.15, 0.2) is 6.10 Å². The van der Waals surface area contributed by atoms with Crippen LogP contribution < -0.4 is 10.1 Å². The van der Waals surface area contributed by atoms with Gasteiger partial charge < -0.3 is 29.5 Å². The predicted octanol–water partition coefficient (Wildman–Crippen LogP) is 3.58. The third-order valence-electron chi connectivity index (χ3n) is 4.78. The molecule has 0 aliphatic carbocycles. The molecule has 33 heavy (non-hydrogen) atoms. The fourth-order valence-electron chi connectivity index (χ4n) is 3.05. The number of alkyl halides is 2. The van der Waals surface area contributed by atoms with Gasteiger partial charge in [-0.05, 0) is 44.4 Å². The summed E-state index contributed by atoms with van der Waals surface area (Å²) in [5.41, 5.74) is 0.801. The van der Waals surface area contributed by atoms with Crippen molar-refractivity contribution in [2.24, 2.45) is 0 Å². The molecular weight excluding hydrogens is 438 g/mol. The number of rotatable bonds is 17. The second kappa shape index (κ2) is 15.4. The number of hydrogen-bond acceptors (Lipinski definition) is 5. The van der Waals surface area contributed by atoms with Crippen LogP contribution in [-0.4, -0.2) is 80.6 Å². The highest BCUT2D eigenvalue weighted by molar-refractivity contribution is 5.74. The molecule has 0 aromatic heterocycles. The van der Waals surface area contributed by atoms with Gasteiger partial charge in [-0.15, -0.1) is 0 Å². The molecule has 1 rings (SSSR count). The predicted molar refractivity (Wildman–Crippen MR) is 120 cm³/mol. The van der Waals surface area contributed by atoms with Gasteiger partial charge in [0.05, 0.1) is 13.2 Å². The number of urea groups is 1. The summed E-state index contributed by atoms with van der Waals surface area (Å²) >= 11 is 0. The van der Waals surface area contributed by atoms with Gasteiger partial charge in [-0.2, -0.15) is 0 Å². The number of carboxylic acid groups (broad SMARTS) is 1. The van der Waals surface area contributed by atoms with Gasteiger partial charge in [0.1, 0.15) is 12.4 Å². The summed E-state index contributed by atoms with van der Waals surface area (Å²) in [5, 5.41) is 11.9. The molecule has 0 saturated carbocycles. The van der Waals surface area contributed by atoms with E-state index in [2.05, 4.69) is 5.32 Å². The normalized spacial score (nSPS) is 12.3. The molecule has 10 heteroatoms. The lowest BCUT2D eigenvalue weighted by atomic mass is 10.1. The minimum Gasteiger partial charge on any atom is -0.492 e. The summed E-state index contributed by atoms with van der Waals surface area (Å²) in [6.45, 7) is 4.51. The molecule has 188 valence electrons. The Balaban J connectivity index is 2.55. The standard InChI is InChI=1S/C23H36F2N2O6/c1-4-32-20(21(28)29)17-18-7-9-19(10-8-18)33-16-14-27(22(30)26-12-15-31-3)13-6-5-11-23(2,24)25/h7-10,20H,4-6,11-17H2,1-3H3,(H,26,30)(H,28,29). The van der Waals surface area contributed by atoms with E-state index in [1.54, 1.807) is 31.2 Å². The molecule has 0 aliphatic rings. The Morgan fingerprint density at radius 1 is 1.15 bits per heavy atom. The summed E-state index contributed by atoms with van der Waals surface area (Å²) in [7, 11) is 1.53. The van der Waals surface area contributed by atoms with Crippen molar-refractivity contribution in [3.8, 4) is 5.75 Å². The number of hydrogen-bond donors (Lipinski definition) is 2. The molecule has 1 atom stereocenters. The van der Waals surface area contributed by atoms with Crippen LogP contribution in [0.2, 0.25) is 0 Å². The number of carbonyl (C=O) groups is 2. The molecule has 1 aromatic carbocycles. The Labute approximate surface area is 194 Å². The Morgan fingerprint density at radius 3 is 2.42 bits per heavy atom. The van der Waals surface area contributed by atoms with Gasteiger partial charge >= 0.3 is 12.0 Å². The van der Waals surface area contributed by atoms with Crippen LogP contribution in [0.4, 0.5) is 13.6 Å². The van der Waals surface area contributed by atoms with E-state index >= 15 is 0 Å². The zero-order chi connectivity index (χ0) is 24.7. The van der Waals surface area contributed by atoms with Crippen molar-refractivity contribution in [2.45, 2.75) is 51.6 Å². The number of methoxy groups -OCH3 is 1. The Hall–Kier alpha value is -2.46. The number of amides is 2. The van der Waals surface area contributed by atoms with Crippen LogP contribution in [0.3, 0.4) is 0 Å². The number of benzene rings is 1. The van der Waals surface area contributed by atoms with Crippen molar-refractivity contribution in [3.05, 3.63) is 29.8 Å². The van der Waals surface area contributed by atoms with Crippen molar-refractivity contribution in [3.63, 3.8) is 0 Å². The highest BCUT2D eigenvalue weighted by Gasteiger charge is 2.21. The molecule has 0 bridgehead atoms. The molecule has 2 N–H and O–H groups in total. The molecule has 0 radical (unpaired) electrons. The van der Waals surface area contributed by atoms with Crippen LogP contribution in [0.15, 0.2) is 24.3 Å². The maximum atomic E-state index is 13.0. The van der Waals surface area contributed by atoms with Gasteiger partial charge in [-0.3, -0.25) is 0 Å². The number of aliphatic carboxylic acids is 1. The lowest BCUT2D eigenvalue weighted by Crippen LogP contribution is -2.43. The van der Waals surface area contributed by atoms with Gasteiger partial charge in [0.2, 0.25) is 5.92 Å². The fraction of sp³-hybridized carbons (Fsp3) is 0.652. The first-order valence-corrected chi connectivity index (χ1v) is 11.1. The van der Waals surface area contributed by atoms with Crippen LogP contribution in [0, 0.1) is 0 Å². The summed E-state index contributed by atoms with van der Waals surface area (Å²) in [4.78, 5) is 25.2. The van der Waals surface area contributed by atoms with Gasteiger partial charge in [0, 0.05) is 39.6 Å². The first-order valence-electron chi connectivity index (χ1n) is 11.1. The van der Waals surface area contributed by atoms with E-state index < -0.39 is 18.0 Å². The van der Waals surface area contributed by atoms with Crippen molar-refractivity contribution in [1.29, 1.82) is 0 Å². The lowest BCUT2D eigenvalue weighted by molar-refractivity contribution is -0.149. The summed E-state index contributed by atoms with van der Waals surface area (Å²) < 4.78 is 41.9. The van der Waals surface area contributed by atoms with E-state index in [1.165, 1.54) is 12.0 Å². The molecule has 1 aromatic rings. The average molecular weight is 475 g/mol. The highest BCUT2D eigenvalue weighted by atomic mass is 19.3. The van der Waals surface area contributed by atoms with Crippen molar-refractivity contribution < 1.29 is 37.7 Å². The first kappa shape index (κ1) is 28.6. The number of nitrogens with zero attached hydrogens (tertiary/aromatic N) is 1. The average Bonchev–Trinajstić information content (AvgIpc) is 2.75. The van der Waals surface area contributed by atoms with Crippen LogP contribution in [0.25, 0.3) is 0 Å². The van der Waals surface area contributed by atoms with E-state index in [-0.39, 0.29) is 32.0 Å². The molecule has 1 unspecified atom stereocenters. The minimum atomic E-state index is -2.71. The molecule has 0 fully saturated rings. The van der Waals surface area contributed by atoms with E-state index in [9.17, 15) is 23.5 Å². The van der Waals surface area contributed by atoms with E-state index in [4.69, 9.17) is 14.2 Å². The smallest absolute Gasteiger partial charge is 0.333 e. The number of ether oxygens (including phenoxy) is 3. The van der Waals surface area contributed by atoms with Crippen LogP contribution in [0.1, 0.15) is 38.7 Å². The van der Waals surface area contributed by atoms with Crippen LogP contribution in [-0.2, 0) is 20.7 Å². The summed E-state index contributed by atoms with van der Waals surface area (Å²) in [6.07, 6.45) is -0.108. The van der Waals surface area contributed by atoms with Gasteiger partial charge in [-0.1, -0.05) is 12.1 Å². The molecule has 2 amide bonds. The second-order valence-corrected chi connectivity index (χ2v) is 7.72. The Kier molecular flexibility index (Phi) is 13.3. The molecule has 0 spiro atoms. The molecule has 8 nitrogen and oxygen atoms in total. The van der Waals surface area contributed by atoms with E-state index in [0.29, 0.717) is 44.9 Å². The monoisotopic (exact) mass is 474 g/mol. The summed E-state index contributed by atoms with van der Waals surface area (Å²) in [5.74, 6) is -3.15. The molecule has 0 aliphatic heterocycles. The Morgan fingerprint density at radius 2 is 1.85 bits per heavy atom. The number of unbranched alkanes of at least 4 members (excludes halogenated alkanes) is 1.